The van der Waals surface area contributed by atoms with Gasteiger partial charge in [-0.25, -0.2) is 0 Å². The van der Waals surface area contributed by atoms with Gasteiger partial charge in [0.1, 0.15) is 61.0 Å². The quantitative estimate of drug-likeness (QED) is 0.187. The van der Waals surface area contributed by atoms with Gasteiger partial charge in [-0.15, -0.1) is 0 Å². The molecule has 3 fully saturated rings. The third-order valence-electron chi connectivity index (χ3n) is 5.66. The Bertz CT molecular complexity index is 581. The van der Waals surface area contributed by atoms with Crippen LogP contribution in [0.3, 0.4) is 0 Å². The second-order valence-electron chi connectivity index (χ2n) is 7.87. The van der Waals surface area contributed by atoms with Gasteiger partial charge in [-0.1, -0.05) is 0 Å². The Morgan fingerprint density at radius 3 is 1.97 bits per heavy atom. The van der Waals surface area contributed by atoms with Crippen molar-refractivity contribution in [3.8, 4) is 0 Å². The first-order valence-electron chi connectivity index (χ1n) is 9.85. The van der Waals surface area contributed by atoms with E-state index in [1.54, 1.807) is 0 Å². The zero-order valence-corrected chi connectivity index (χ0v) is 16.6. The van der Waals surface area contributed by atoms with Crippen molar-refractivity contribution >= 4 is 0 Å². The van der Waals surface area contributed by atoms with Crippen LogP contribution >= 0.6 is 0 Å². The summed E-state index contributed by atoms with van der Waals surface area (Å²) in [5.74, 6) is 0. The van der Waals surface area contributed by atoms with Crippen LogP contribution in [0.4, 0.5) is 0 Å². The molecule has 0 amide bonds. The molecule has 0 spiro atoms. The minimum Gasteiger partial charge on any atom is -0.394 e. The van der Waals surface area contributed by atoms with E-state index < -0.39 is 99.2 Å². The third-order valence-corrected chi connectivity index (χ3v) is 5.66. The van der Waals surface area contributed by atoms with Gasteiger partial charge >= 0.3 is 0 Å². The fourth-order valence-corrected chi connectivity index (χ4v) is 3.69. The van der Waals surface area contributed by atoms with E-state index in [0.717, 1.165) is 0 Å². The summed E-state index contributed by atoms with van der Waals surface area (Å²) >= 11 is 0. The van der Waals surface area contributed by atoms with Gasteiger partial charge < -0.3 is 69.6 Å². The molecular formula is C17H30O14. The van der Waals surface area contributed by atoms with Crippen molar-refractivity contribution in [2.45, 2.75) is 92.9 Å². The lowest BCUT2D eigenvalue weighted by atomic mass is 9.97. The Hall–Kier alpha value is -0.560. The summed E-state index contributed by atoms with van der Waals surface area (Å²) in [7, 11) is 0. The lowest BCUT2D eigenvalue weighted by molar-refractivity contribution is -0.384. The number of ether oxygens (including phenoxy) is 5. The minimum atomic E-state index is -1.77. The molecule has 9 N–H and O–H groups in total. The average molecular weight is 458 g/mol. The van der Waals surface area contributed by atoms with Crippen LogP contribution in [-0.2, 0) is 23.7 Å². The van der Waals surface area contributed by atoms with E-state index >= 15 is 0 Å². The molecule has 0 aromatic carbocycles. The van der Waals surface area contributed by atoms with Crippen LogP contribution < -0.4 is 0 Å². The summed E-state index contributed by atoms with van der Waals surface area (Å²) in [5, 5.41) is 89.9. The first kappa shape index (κ1) is 25.1. The highest BCUT2D eigenvalue weighted by Crippen LogP contribution is 2.31. The van der Waals surface area contributed by atoms with Gasteiger partial charge in [0.05, 0.1) is 19.3 Å². The first-order valence-corrected chi connectivity index (χ1v) is 9.85. The lowest BCUT2D eigenvalue weighted by Crippen LogP contribution is -2.65. The van der Waals surface area contributed by atoms with Gasteiger partial charge in [-0.2, -0.15) is 0 Å². The highest BCUT2D eigenvalue weighted by atomic mass is 16.8. The van der Waals surface area contributed by atoms with Crippen molar-refractivity contribution in [2.75, 3.05) is 13.2 Å². The van der Waals surface area contributed by atoms with E-state index in [1.165, 1.54) is 6.92 Å². The van der Waals surface area contributed by atoms with Crippen molar-refractivity contribution in [1.82, 2.24) is 0 Å². The van der Waals surface area contributed by atoms with Crippen LogP contribution in [0, 0.1) is 0 Å². The van der Waals surface area contributed by atoms with Crippen molar-refractivity contribution in [1.29, 1.82) is 0 Å². The lowest BCUT2D eigenvalue weighted by Gasteiger charge is -2.47. The molecule has 31 heavy (non-hydrogen) atoms. The second-order valence-corrected chi connectivity index (χ2v) is 7.87. The first-order chi connectivity index (χ1) is 14.6. The van der Waals surface area contributed by atoms with Gasteiger partial charge in [-0.3, -0.25) is 0 Å². The fraction of sp³-hybridized carbons (Fsp3) is 1.00. The molecule has 3 aliphatic heterocycles. The molecule has 14 nitrogen and oxygen atoms in total. The van der Waals surface area contributed by atoms with E-state index in [4.69, 9.17) is 23.7 Å². The fourth-order valence-electron chi connectivity index (χ4n) is 3.69. The van der Waals surface area contributed by atoms with Crippen molar-refractivity contribution < 1.29 is 69.6 Å². The van der Waals surface area contributed by atoms with Crippen LogP contribution in [-0.4, -0.2) is 145 Å². The number of rotatable bonds is 5. The van der Waals surface area contributed by atoms with E-state index in [1.807, 2.05) is 0 Å². The van der Waals surface area contributed by atoms with Crippen molar-refractivity contribution in [3.63, 3.8) is 0 Å². The highest BCUT2D eigenvalue weighted by Gasteiger charge is 2.52. The molecule has 14 heteroatoms. The summed E-state index contributed by atoms with van der Waals surface area (Å²) in [6.45, 7) is 0.280. The maximum atomic E-state index is 10.5. The molecule has 3 heterocycles. The van der Waals surface area contributed by atoms with Gasteiger partial charge in [0.15, 0.2) is 18.9 Å². The maximum Gasteiger partial charge on any atom is 0.187 e. The molecule has 3 aliphatic rings. The molecule has 14 atom stereocenters. The van der Waals surface area contributed by atoms with E-state index in [9.17, 15) is 46.0 Å². The molecule has 0 bridgehead atoms. The Morgan fingerprint density at radius 2 is 1.32 bits per heavy atom. The Labute approximate surface area is 176 Å². The van der Waals surface area contributed by atoms with Crippen LogP contribution in [0.15, 0.2) is 0 Å². The Balaban J connectivity index is 1.79. The monoisotopic (exact) mass is 458 g/mol. The molecule has 0 saturated carbocycles. The second kappa shape index (κ2) is 10.1. The molecule has 0 radical (unpaired) electrons. The largest absolute Gasteiger partial charge is 0.394 e. The molecule has 0 aliphatic carbocycles. The standard InChI is InChI=1S/C17H30O14/c1-4-7(20)10(23)13(15(26)28-4)30-17-14(11(24)9(22)6(2-18)29-17)31-16-12(25)8(21)5(19)3-27-16/h4-26H,2-3H2,1H3/t4-,5-,6-,7+,8+,9-,10+,11+,12-,13-,14-,15?,16+,17+/m1/s1. The Morgan fingerprint density at radius 1 is 0.710 bits per heavy atom. The molecule has 0 aromatic heterocycles. The van der Waals surface area contributed by atoms with Crippen molar-refractivity contribution in [2.24, 2.45) is 0 Å². The average Bonchev–Trinajstić information content (AvgIpc) is 2.74. The number of hydrogen-bond donors (Lipinski definition) is 9. The summed E-state index contributed by atoms with van der Waals surface area (Å²) in [6.07, 6.45) is -21.6. The molecule has 0 aromatic rings. The number of aliphatic hydroxyl groups excluding tert-OH is 9. The third kappa shape index (κ3) is 5.02. The molecule has 3 rings (SSSR count). The summed E-state index contributed by atoms with van der Waals surface area (Å²) in [4.78, 5) is 0. The summed E-state index contributed by atoms with van der Waals surface area (Å²) < 4.78 is 26.6. The zero-order valence-electron chi connectivity index (χ0n) is 16.6. The van der Waals surface area contributed by atoms with Gasteiger partial charge in [0.25, 0.3) is 0 Å². The van der Waals surface area contributed by atoms with Crippen LogP contribution in [0.2, 0.25) is 0 Å². The van der Waals surface area contributed by atoms with Crippen LogP contribution in [0.25, 0.3) is 0 Å². The predicted octanol–water partition coefficient (Wildman–Crippen LogP) is -5.91. The van der Waals surface area contributed by atoms with E-state index in [0.29, 0.717) is 0 Å². The van der Waals surface area contributed by atoms with E-state index in [-0.39, 0.29) is 0 Å². The van der Waals surface area contributed by atoms with Crippen LogP contribution in [0.5, 0.6) is 0 Å². The normalized spacial score (nSPS) is 54.0. The van der Waals surface area contributed by atoms with Gasteiger partial charge in [-0.05, 0) is 6.92 Å². The minimum absolute atomic E-state index is 0.405. The number of aliphatic hydroxyl groups is 9. The highest BCUT2D eigenvalue weighted by molar-refractivity contribution is 4.94. The number of hydrogen-bond acceptors (Lipinski definition) is 14. The SMILES string of the molecule is C[C@H]1OC(O)[C@H](O[C@@H]2O[C@H](CO)[C@@H](O)[C@H](O)[C@H]2O[C@@H]2OC[C@@H](O)[C@H](O)[C@H]2O)[C@@H](O)[C@H]1O. The summed E-state index contributed by atoms with van der Waals surface area (Å²) in [6, 6.07) is 0. The topological polar surface area (TPSA) is 228 Å². The predicted molar refractivity (Wildman–Crippen MR) is 93.8 cm³/mol. The maximum absolute atomic E-state index is 10.5. The smallest absolute Gasteiger partial charge is 0.187 e. The zero-order chi connectivity index (χ0) is 23.0. The summed E-state index contributed by atoms with van der Waals surface area (Å²) in [5.41, 5.74) is 0. The molecule has 182 valence electrons. The van der Waals surface area contributed by atoms with E-state index in [2.05, 4.69) is 0 Å². The molecule has 3 saturated heterocycles. The molecule has 1 unspecified atom stereocenters. The van der Waals surface area contributed by atoms with Gasteiger partial charge in [0.2, 0.25) is 0 Å². The van der Waals surface area contributed by atoms with Crippen molar-refractivity contribution in [3.05, 3.63) is 0 Å². The Kier molecular flexibility index (Phi) is 8.21. The van der Waals surface area contributed by atoms with Crippen LogP contribution in [0.1, 0.15) is 6.92 Å². The molecular weight excluding hydrogens is 428 g/mol. The van der Waals surface area contributed by atoms with Gasteiger partial charge in [0, 0.05) is 0 Å².